The second kappa shape index (κ2) is 29.2. The fourth-order valence-corrected chi connectivity index (χ4v) is 14.9. The molecule has 1 atom stereocenters. The Bertz CT molecular complexity index is 3270. The predicted molar refractivity (Wildman–Crippen MR) is 330 cm³/mol. The van der Waals surface area contributed by atoms with E-state index in [2.05, 4.69) is 63.9 Å². The van der Waals surface area contributed by atoms with Gasteiger partial charge in [0.05, 0.1) is 56.0 Å². The number of carbonyl (C=O) groups is 6. The Hall–Kier alpha value is -7.93. The van der Waals surface area contributed by atoms with Crippen molar-refractivity contribution in [2.75, 3.05) is 136 Å². The van der Waals surface area contributed by atoms with Gasteiger partial charge in [0, 0.05) is 85.0 Å². The maximum absolute atomic E-state index is 14.1. The van der Waals surface area contributed by atoms with Gasteiger partial charge in [-0.25, -0.2) is 4.79 Å². The number of nitrogens with one attached hydrogen (secondary N) is 2. The van der Waals surface area contributed by atoms with Crippen molar-refractivity contribution in [2.24, 2.45) is 5.92 Å². The minimum Gasteiger partial charge on any atom is -0.488 e. The van der Waals surface area contributed by atoms with Crippen molar-refractivity contribution >= 4 is 94.2 Å². The average Bonchev–Trinajstić information content (AvgIpc) is 1.66. The Morgan fingerprint density at radius 2 is 1.24 bits per heavy atom. The first-order valence-corrected chi connectivity index (χ1v) is 32.8. The van der Waals surface area contributed by atoms with E-state index >= 15 is 0 Å². The lowest BCUT2D eigenvalue weighted by atomic mass is 9.78. The first kappa shape index (κ1) is 63.6. The topological polar surface area (TPSA) is 276 Å². The van der Waals surface area contributed by atoms with Crippen molar-refractivity contribution in [1.82, 2.24) is 5.32 Å². The van der Waals surface area contributed by atoms with E-state index in [4.69, 9.17) is 40.0 Å². The van der Waals surface area contributed by atoms with Gasteiger partial charge < -0.3 is 73.8 Å². The molecular formula is C63H75ClN6O16Si. The zero-order valence-corrected chi connectivity index (χ0v) is 50.7. The molecule has 0 aliphatic carbocycles. The van der Waals surface area contributed by atoms with Crippen LogP contribution in [0.25, 0.3) is 0 Å². The Labute approximate surface area is 510 Å². The van der Waals surface area contributed by atoms with E-state index in [0.717, 1.165) is 100 Å². The number of rotatable bonds is 35. The van der Waals surface area contributed by atoms with E-state index < -0.39 is 75.6 Å². The third-order valence-electron chi connectivity index (χ3n) is 16.0. The van der Waals surface area contributed by atoms with Crippen LogP contribution in [0.2, 0.25) is 13.1 Å². The number of unbranched alkanes of at least 4 members (excludes halogenated alkanes) is 3. The maximum atomic E-state index is 14.1. The van der Waals surface area contributed by atoms with Gasteiger partial charge in [0.1, 0.15) is 59.0 Å². The summed E-state index contributed by atoms with van der Waals surface area (Å²) >= 11 is 5.75. The molecule has 464 valence electrons. The molecule has 1 amide bonds. The number of esters is 1. The minimum absolute atomic E-state index is 0.0428. The summed E-state index contributed by atoms with van der Waals surface area (Å²) in [6.45, 7) is 7.91. The summed E-state index contributed by atoms with van der Waals surface area (Å²) in [6, 6.07) is 29.4. The number of fused-ring (bicyclic) bond motifs is 6. The van der Waals surface area contributed by atoms with Gasteiger partial charge in [-0.2, -0.15) is 0 Å². The zero-order chi connectivity index (χ0) is 61.7. The molecule has 4 aliphatic heterocycles. The number of carboxylic acids is 4. The number of carboxylic acid groups (broad SMARTS) is 4. The summed E-state index contributed by atoms with van der Waals surface area (Å²) in [5.41, 5.74) is 5.45. The number of aliphatic carboxylic acids is 4. The number of amides is 1. The second-order valence-corrected chi connectivity index (χ2v) is 27.1. The molecule has 2 saturated heterocycles. The molecule has 4 aliphatic rings. The molecule has 24 heteroatoms. The van der Waals surface area contributed by atoms with Crippen molar-refractivity contribution in [2.45, 2.75) is 57.4 Å². The van der Waals surface area contributed by atoms with Crippen LogP contribution in [0.3, 0.4) is 0 Å². The van der Waals surface area contributed by atoms with Gasteiger partial charge in [-0.15, -0.1) is 11.6 Å². The molecule has 22 nitrogen and oxygen atoms in total. The lowest BCUT2D eigenvalue weighted by Crippen LogP contribution is -2.63. The van der Waals surface area contributed by atoms with Crippen LogP contribution in [0.5, 0.6) is 11.5 Å². The first-order valence-electron chi connectivity index (χ1n) is 29.3. The summed E-state index contributed by atoms with van der Waals surface area (Å²) in [7, 11) is -2.55. The molecule has 4 heterocycles. The molecule has 9 rings (SSSR count). The van der Waals surface area contributed by atoms with E-state index in [-0.39, 0.29) is 42.0 Å². The van der Waals surface area contributed by atoms with E-state index in [9.17, 15) is 49.2 Å². The fraction of sp³-hybridized carbons (Fsp3) is 0.429. The first-order chi connectivity index (χ1) is 42.0. The van der Waals surface area contributed by atoms with Gasteiger partial charge >= 0.3 is 29.8 Å². The normalized spacial score (nSPS) is 16.2. The van der Waals surface area contributed by atoms with E-state index in [1.54, 1.807) is 12.1 Å². The van der Waals surface area contributed by atoms with Gasteiger partial charge in [0.25, 0.3) is 0 Å². The van der Waals surface area contributed by atoms with E-state index in [1.807, 2.05) is 24.3 Å². The standard InChI is InChI=1S/C63H75ClN6O16Si/c1-87(2)55-32-45(67-22-9-23-67)14-17-48(55)63(50-30-42(12-16-47(50)62(80)86-63)40-83-41-65-21-25-82-27-26-81-24-8-4-3-7-20-64)49-18-15-46(33-56(49)87)68-34-43(35-68)61(79)66-44-13-19-52(70(38-59(75)76)39-60(77)78)54(31-44)85-29-28-84-53-11-6-5-10-51(53)69(36-57(71)72)37-58(73)74/h5-6,10-19,30-33,43,65H,3-4,7-9,20-29,34-41H2,1-2H3,(H,66,79)(H,71,72)(H,73,74)(H,75,76)(H,77,78). The molecule has 1 spiro atoms. The van der Waals surface area contributed by atoms with Crippen LogP contribution in [-0.2, 0) is 55.1 Å². The number of anilines is 5. The van der Waals surface area contributed by atoms with Crippen molar-refractivity contribution in [1.29, 1.82) is 0 Å². The second-order valence-electron chi connectivity index (χ2n) is 22.4. The van der Waals surface area contributed by atoms with Crippen molar-refractivity contribution in [3.8, 4) is 11.5 Å². The minimum atomic E-state index is -2.55. The smallest absolute Gasteiger partial charge is 0.340 e. The molecule has 0 aromatic heterocycles. The van der Waals surface area contributed by atoms with Gasteiger partial charge in [-0.1, -0.05) is 56.3 Å². The van der Waals surface area contributed by atoms with Gasteiger partial charge in [0.2, 0.25) is 5.91 Å². The van der Waals surface area contributed by atoms with Gasteiger partial charge in [-0.05, 0) is 95.9 Å². The predicted octanol–water partition coefficient (Wildman–Crippen LogP) is 5.88. The third-order valence-corrected chi connectivity index (χ3v) is 19.8. The summed E-state index contributed by atoms with van der Waals surface area (Å²) < 4.78 is 36.3. The number of halogens is 1. The SMILES string of the molecule is C[Si]1(C)c2cc(N3CCC3)ccc2C2(OC(=O)c3ccc(COCNCCOCCOCCCCCCCl)cc32)c2ccc(N3CC(C(=O)Nc4ccc(N(CC(=O)O)CC(=O)O)c(OCCOc5ccccc5N(CC(=O)O)CC(=O)O)c4)C3)cc21. The van der Waals surface area contributed by atoms with Crippen LogP contribution in [0.1, 0.15) is 64.7 Å². The molecule has 2 fully saturated rings. The average molecular weight is 1240 g/mol. The Kier molecular flexibility index (Phi) is 21.3. The highest BCUT2D eigenvalue weighted by atomic mass is 35.5. The van der Waals surface area contributed by atoms with Crippen molar-refractivity contribution in [3.63, 3.8) is 0 Å². The maximum Gasteiger partial charge on any atom is 0.340 e. The number of carbonyl (C=O) groups excluding carboxylic acids is 2. The number of hydrogen-bond acceptors (Lipinski definition) is 17. The Balaban J connectivity index is 0.882. The quantitative estimate of drug-likeness (QED) is 0.00909. The molecule has 0 bridgehead atoms. The molecule has 5 aromatic rings. The molecule has 0 radical (unpaired) electrons. The van der Waals surface area contributed by atoms with E-state index in [0.29, 0.717) is 69.9 Å². The van der Waals surface area contributed by atoms with Gasteiger partial charge in [-0.3, -0.25) is 29.3 Å². The molecule has 0 saturated carbocycles. The zero-order valence-electron chi connectivity index (χ0n) is 48.9. The summed E-state index contributed by atoms with van der Waals surface area (Å²) in [5, 5.41) is 46.9. The van der Waals surface area contributed by atoms with Crippen molar-refractivity contribution < 1.29 is 77.6 Å². The van der Waals surface area contributed by atoms with Crippen LogP contribution >= 0.6 is 11.6 Å². The third kappa shape index (κ3) is 15.3. The molecule has 6 N–H and O–H groups in total. The van der Waals surface area contributed by atoms with Gasteiger partial charge in [0.15, 0.2) is 5.60 Å². The number of ether oxygens (including phenoxy) is 6. The fourth-order valence-electron chi connectivity index (χ4n) is 11.5. The highest BCUT2D eigenvalue weighted by Crippen LogP contribution is 2.50. The number of alkyl halides is 1. The lowest BCUT2D eigenvalue weighted by Gasteiger charge is -2.46. The summed E-state index contributed by atoms with van der Waals surface area (Å²) in [5.74, 6) is -5.33. The molecular weight excluding hydrogens is 1160 g/mol. The van der Waals surface area contributed by atoms with Crippen LogP contribution in [0.15, 0.2) is 97.1 Å². The van der Waals surface area contributed by atoms with Crippen LogP contribution in [0, 0.1) is 5.92 Å². The Morgan fingerprint density at radius 1 is 0.644 bits per heavy atom. The largest absolute Gasteiger partial charge is 0.488 e. The highest BCUT2D eigenvalue weighted by molar-refractivity contribution is 7.01. The highest BCUT2D eigenvalue weighted by Gasteiger charge is 2.56. The van der Waals surface area contributed by atoms with Crippen LogP contribution < -0.4 is 50.1 Å². The number of para-hydroxylation sites is 2. The van der Waals surface area contributed by atoms with E-state index in [1.165, 1.54) is 35.5 Å². The Morgan fingerprint density at radius 3 is 1.86 bits per heavy atom. The monoisotopic (exact) mass is 1230 g/mol. The van der Waals surface area contributed by atoms with Crippen molar-refractivity contribution in [3.05, 3.63) is 125 Å². The number of benzene rings is 5. The molecule has 5 aromatic carbocycles. The molecule has 87 heavy (non-hydrogen) atoms. The summed E-state index contributed by atoms with van der Waals surface area (Å²) in [6.07, 6.45) is 5.40. The van der Waals surface area contributed by atoms with Crippen LogP contribution in [-0.4, -0.2) is 175 Å². The number of nitrogens with zero attached hydrogens (tertiary/aromatic N) is 4. The van der Waals surface area contributed by atoms with Crippen LogP contribution in [0.4, 0.5) is 28.4 Å². The lowest BCUT2D eigenvalue weighted by molar-refractivity contribution is -0.138. The number of hydrogen-bond donors (Lipinski definition) is 6. The summed E-state index contributed by atoms with van der Waals surface area (Å²) in [4.78, 5) is 82.0. The molecule has 1 unspecified atom stereocenters.